The van der Waals surface area contributed by atoms with Crippen molar-refractivity contribution in [2.45, 2.75) is 31.4 Å². The molecule has 0 bridgehead atoms. The van der Waals surface area contributed by atoms with Crippen LogP contribution < -0.4 is 0 Å². The van der Waals surface area contributed by atoms with E-state index in [2.05, 4.69) is 10.2 Å². The molecule has 6 heteroatoms. The van der Waals surface area contributed by atoms with Gasteiger partial charge in [0, 0.05) is 12.1 Å². The van der Waals surface area contributed by atoms with Crippen LogP contribution in [-0.4, -0.2) is 34.0 Å². The zero-order valence-electron chi connectivity index (χ0n) is 10.2. The minimum absolute atomic E-state index is 0.287. The smallest absolute Gasteiger partial charge is 0.160 e. The first kappa shape index (κ1) is 11.6. The Balaban J connectivity index is 2.01. The van der Waals surface area contributed by atoms with Gasteiger partial charge in [-0.15, -0.1) is 10.2 Å². The molecular weight excluding hydrogens is 250 g/mol. The second kappa shape index (κ2) is 4.05. The third-order valence-corrected chi connectivity index (χ3v) is 5.84. The van der Waals surface area contributed by atoms with Gasteiger partial charge in [0.25, 0.3) is 0 Å². The monoisotopic (exact) mass is 265 g/mol. The lowest BCUT2D eigenvalue weighted by Gasteiger charge is -2.08. The molecule has 96 valence electrons. The van der Waals surface area contributed by atoms with E-state index in [4.69, 9.17) is 0 Å². The molecule has 1 atom stereocenters. The summed E-state index contributed by atoms with van der Waals surface area (Å²) in [6.07, 6.45) is 1.97. The third-order valence-electron chi connectivity index (χ3n) is 3.56. The van der Waals surface area contributed by atoms with Crippen LogP contribution in [0.2, 0.25) is 0 Å². The summed E-state index contributed by atoms with van der Waals surface area (Å²) in [5.41, 5.74) is 1.81. The van der Waals surface area contributed by atoms with Gasteiger partial charge in [-0.1, -0.05) is 6.07 Å². The van der Waals surface area contributed by atoms with Crippen molar-refractivity contribution in [3.63, 3.8) is 0 Å². The standard InChI is InChI=1S/C12H15N3O2S/c1-9-4-2-6-11-13-14-12(15(9)11)8-10-5-3-7-18(10,16)17/h2,4,6,10H,3,5,7-8H2,1H3. The van der Waals surface area contributed by atoms with E-state index in [0.29, 0.717) is 12.2 Å². The van der Waals surface area contributed by atoms with Crippen LogP contribution in [0.5, 0.6) is 0 Å². The molecule has 1 fully saturated rings. The molecule has 18 heavy (non-hydrogen) atoms. The van der Waals surface area contributed by atoms with Crippen molar-refractivity contribution < 1.29 is 8.42 Å². The summed E-state index contributed by atoms with van der Waals surface area (Å²) in [4.78, 5) is 0. The van der Waals surface area contributed by atoms with Gasteiger partial charge in [-0.3, -0.25) is 4.40 Å². The van der Waals surface area contributed by atoms with Crippen LogP contribution in [0.25, 0.3) is 5.65 Å². The highest BCUT2D eigenvalue weighted by Gasteiger charge is 2.32. The number of rotatable bonds is 2. The maximum Gasteiger partial charge on any atom is 0.160 e. The molecule has 0 spiro atoms. The number of pyridine rings is 1. The van der Waals surface area contributed by atoms with Crippen LogP contribution in [0.3, 0.4) is 0 Å². The number of hydrogen-bond acceptors (Lipinski definition) is 4. The van der Waals surface area contributed by atoms with E-state index in [1.807, 2.05) is 29.5 Å². The van der Waals surface area contributed by atoms with Crippen molar-refractivity contribution in [3.8, 4) is 0 Å². The lowest BCUT2D eigenvalue weighted by atomic mass is 10.2. The second-order valence-electron chi connectivity index (χ2n) is 4.81. The van der Waals surface area contributed by atoms with Crippen molar-refractivity contribution in [3.05, 3.63) is 29.7 Å². The molecule has 1 unspecified atom stereocenters. The van der Waals surface area contributed by atoms with Crippen molar-refractivity contribution in [1.82, 2.24) is 14.6 Å². The first-order chi connectivity index (χ1) is 8.58. The molecule has 1 aliphatic rings. The van der Waals surface area contributed by atoms with E-state index in [9.17, 15) is 8.42 Å². The topological polar surface area (TPSA) is 64.3 Å². The Morgan fingerprint density at radius 2 is 2.22 bits per heavy atom. The molecule has 2 aromatic rings. The summed E-state index contributed by atoms with van der Waals surface area (Å²) in [7, 11) is -2.93. The second-order valence-corrected chi connectivity index (χ2v) is 7.21. The Labute approximate surface area is 106 Å². The summed E-state index contributed by atoms with van der Waals surface area (Å²) in [6, 6.07) is 5.78. The highest BCUT2D eigenvalue weighted by molar-refractivity contribution is 7.92. The lowest BCUT2D eigenvalue weighted by Crippen LogP contribution is -2.20. The van der Waals surface area contributed by atoms with Gasteiger partial charge in [-0.2, -0.15) is 0 Å². The van der Waals surface area contributed by atoms with Crippen molar-refractivity contribution in [2.75, 3.05) is 5.75 Å². The Hall–Kier alpha value is -1.43. The molecular formula is C12H15N3O2S. The molecule has 3 rings (SSSR count). The van der Waals surface area contributed by atoms with Crippen LogP contribution in [0.4, 0.5) is 0 Å². The van der Waals surface area contributed by atoms with E-state index in [1.165, 1.54) is 0 Å². The van der Waals surface area contributed by atoms with E-state index < -0.39 is 9.84 Å². The Kier molecular flexibility index (Phi) is 2.62. The average Bonchev–Trinajstić information content (AvgIpc) is 2.85. The summed E-state index contributed by atoms with van der Waals surface area (Å²) in [6.45, 7) is 1.98. The molecule has 0 amide bonds. The van der Waals surface area contributed by atoms with Crippen LogP contribution in [0.1, 0.15) is 24.4 Å². The minimum atomic E-state index is -2.93. The number of nitrogens with zero attached hydrogens (tertiary/aromatic N) is 3. The fourth-order valence-electron chi connectivity index (χ4n) is 2.59. The molecule has 0 saturated carbocycles. The van der Waals surface area contributed by atoms with Gasteiger partial charge in [-0.25, -0.2) is 8.42 Å². The highest BCUT2D eigenvalue weighted by atomic mass is 32.2. The van der Waals surface area contributed by atoms with Gasteiger partial charge >= 0.3 is 0 Å². The molecule has 2 aromatic heterocycles. The van der Waals surface area contributed by atoms with E-state index in [0.717, 1.165) is 30.0 Å². The molecule has 1 aliphatic heterocycles. The molecule has 5 nitrogen and oxygen atoms in total. The van der Waals surface area contributed by atoms with Crippen molar-refractivity contribution >= 4 is 15.5 Å². The fraction of sp³-hybridized carbons (Fsp3) is 0.500. The van der Waals surface area contributed by atoms with Crippen LogP contribution in [0.15, 0.2) is 18.2 Å². The molecule has 1 saturated heterocycles. The molecule has 0 aromatic carbocycles. The maximum atomic E-state index is 11.9. The largest absolute Gasteiger partial charge is 0.284 e. The normalized spacial score (nSPS) is 22.6. The zero-order valence-corrected chi connectivity index (χ0v) is 11.0. The Morgan fingerprint density at radius 3 is 2.94 bits per heavy atom. The van der Waals surface area contributed by atoms with Crippen molar-refractivity contribution in [1.29, 1.82) is 0 Å². The number of fused-ring (bicyclic) bond motifs is 1. The summed E-state index contributed by atoms with van der Waals surface area (Å²) < 4.78 is 25.6. The number of sulfone groups is 1. The zero-order chi connectivity index (χ0) is 12.8. The molecule has 0 aliphatic carbocycles. The first-order valence-electron chi connectivity index (χ1n) is 6.09. The first-order valence-corrected chi connectivity index (χ1v) is 7.81. The predicted octanol–water partition coefficient (Wildman–Crippen LogP) is 1.16. The average molecular weight is 265 g/mol. The van der Waals surface area contributed by atoms with Gasteiger partial charge in [0.15, 0.2) is 15.5 Å². The maximum absolute atomic E-state index is 11.9. The SMILES string of the molecule is Cc1cccc2nnc(CC3CCCS3(=O)=O)n12. The van der Waals surface area contributed by atoms with Gasteiger partial charge in [-0.05, 0) is 31.9 Å². The van der Waals surface area contributed by atoms with Gasteiger partial charge in [0.2, 0.25) is 0 Å². The van der Waals surface area contributed by atoms with Gasteiger partial charge in [0.1, 0.15) is 5.82 Å². The predicted molar refractivity (Wildman–Crippen MR) is 68.2 cm³/mol. The number of aromatic nitrogens is 3. The number of aryl methyl sites for hydroxylation is 1. The summed E-state index contributed by atoms with van der Waals surface area (Å²) in [5.74, 6) is 1.06. The fourth-order valence-corrected chi connectivity index (χ4v) is 4.43. The molecule has 3 heterocycles. The van der Waals surface area contributed by atoms with Crippen molar-refractivity contribution in [2.24, 2.45) is 0 Å². The van der Waals surface area contributed by atoms with Crippen LogP contribution >= 0.6 is 0 Å². The summed E-state index contributed by atoms with van der Waals surface area (Å²) in [5, 5.41) is 7.93. The number of hydrogen-bond donors (Lipinski definition) is 0. The Morgan fingerprint density at radius 1 is 1.39 bits per heavy atom. The van der Waals surface area contributed by atoms with E-state index >= 15 is 0 Å². The van der Waals surface area contributed by atoms with E-state index in [-0.39, 0.29) is 5.25 Å². The van der Waals surface area contributed by atoms with Gasteiger partial charge in [0.05, 0.1) is 11.0 Å². The summed E-state index contributed by atoms with van der Waals surface area (Å²) >= 11 is 0. The lowest BCUT2D eigenvalue weighted by molar-refractivity contribution is 0.585. The molecule has 0 radical (unpaired) electrons. The highest BCUT2D eigenvalue weighted by Crippen LogP contribution is 2.23. The Bertz CT molecular complexity index is 690. The van der Waals surface area contributed by atoms with Crippen LogP contribution in [-0.2, 0) is 16.3 Å². The van der Waals surface area contributed by atoms with Gasteiger partial charge < -0.3 is 0 Å². The third kappa shape index (κ3) is 1.80. The molecule has 0 N–H and O–H groups in total. The van der Waals surface area contributed by atoms with E-state index in [1.54, 1.807) is 0 Å². The minimum Gasteiger partial charge on any atom is -0.284 e. The van der Waals surface area contributed by atoms with Crippen LogP contribution in [0, 0.1) is 6.92 Å². The quantitative estimate of drug-likeness (QED) is 0.817.